The van der Waals surface area contributed by atoms with Crippen LogP contribution in [0.15, 0.2) is 281 Å². The molecule has 0 aliphatic rings. The summed E-state index contributed by atoms with van der Waals surface area (Å²) in [5, 5.41) is 3.63. The molecule has 0 amide bonds. The SMILES string of the molecule is Cc1cccc2ncccc12.Cc1cccnc1-c1ccccc1.Cc1cccnc1-c1ccccn1.Cc1cccnc1-c1cccnc1.Cc1cccnc1-c1ccncc1.Cc1ccnc2ccccc12.Cc1ncnc2ccccc12. The molecule has 0 N–H and O–H groups in total. The smallest absolute Gasteiger partial charge is 0.116 e. The van der Waals surface area contributed by atoms with Crippen molar-refractivity contribution in [2.45, 2.75) is 48.5 Å². The Bertz CT molecular complexity index is 3760. The Balaban J connectivity index is 0.000000129. The van der Waals surface area contributed by atoms with Crippen molar-refractivity contribution < 1.29 is 0 Å². The summed E-state index contributed by atoms with van der Waals surface area (Å²) in [6.45, 7) is 14.4. The normalized spacial score (nSPS) is 10.1. The number of rotatable bonds is 4. The molecule has 418 valence electrons. The van der Waals surface area contributed by atoms with Crippen LogP contribution in [0.4, 0.5) is 0 Å². The molecule has 10 aromatic heterocycles. The number of pyridine rings is 9. The van der Waals surface area contributed by atoms with Gasteiger partial charge in [-0.25, -0.2) is 9.97 Å². The summed E-state index contributed by atoms with van der Waals surface area (Å²) in [5.41, 5.74) is 19.9. The molecule has 11 heteroatoms. The lowest BCUT2D eigenvalue weighted by molar-refractivity contribution is 1.15. The standard InChI is InChI=1S/C12H11N.3C11H10N2.2C10H9N.C9H8N2/c1-10-6-5-9-13-12(10)11-7-3-2-4-8-11;1-9-4-2-7-13-11(9)10-5-3-6-12-8-10;1-9-3-2-6-13-11(9)10-4-7-12-8-5-10;1-9-5-4-8-13-11(9)10-6-2-3-7-12-10;1-8-4-2-6-10-9(8)5-3-7-11-10;1-8-6-7-11-10-5-3-2-4-9(8)10;1-7-8-4-2-3-5-9(8)11-6-10-7/h2-9H,1H3;3*2-8H,1H3;2*2-7H,1H3;2-6H,1H3. The molecule has 4 aromatic carbocycles. The van der Waals surface area contributed by atoms with E-state index in [1.54, 1.807) is 43.5 Å². The van der Waals surface area contributed by atoms with E-state index < -0.39 is 0 Å². The van der Waals surface area contributed by atoms with Gasteiger partial charge in [0.1, 0.15) is 6.33 Å². The number of hydrogen-bond acceptors (Lipinski definition) is 11. The van der Waals surface area contributed by atoms with Crippen molar-refractivity contribution in [3.63, 3.8) is 0 Å². The third-order valence-corrected chi connectivity index (χ3v) is 13.4. The van der Waals surface area contributed by atoms with Crippen LogP contribution in [0.5, 0.6) is 0 Å². The van der Waals surface area contributed by atoms with Crippen LogP contribution in [0, 0.1) is 48.5 Å². The van der Waals surface area contributed by atoms with Gasteiger partial charge in [0.25, 0.3) is 0 Å². The van der Waals surface area contributed by atoms with E-state index in [1.807, 2.05) is 203 Å². The molecule has 0 saturated heterocycles. The van der Waals surface area contributed by atoms with Crippen molar-refractivity contribution in [1.82, 2.24) is 54.8 Å². The predicted molar refractivity (Wildman–Crippen MR) is 348 cm³/mol. The largest absolute Gasteiger partial charge is 0.265 e. The molecule has 0 unspecified atom stereocenters. The third-order valence-electron chi connectivity index (χ3n) is 13.4. The van der Waals surface area contributed by atoms with Crippen LogP contribution in [0.3, 0.4) is 0 Å². The van der Waals surface area contributed by atoms with Crippen molar-refractivity contribution >= 4 is 32.7 Å². The lowest BCUT2D eigenvalue weighted by atomic mass is 10.1. The van der Waals surface area contributed by atoms with Crippen LogP contribution in [0.1, 0.15) is 39.1 Å². The first-order valence-electron chi connectivity index (χ1n) is 27.9. The Morgan fingerprint density at radius 3 is 1.20 bits per heavy atom. The summed E-state index contributed by atoms with van der Waals surface area (Å²) in [5.74, 6) is 0. The van der Waals surface area contributed by atoms with Crippen molar-refractivity contribution in [3.05, 3.63) is 320 Å². The van der Waals surface area contributed by atoms with Crippen molar-refractivity contribution in [2.24, 2.45) is 0 Å². The fourth-order valence-corrected chi connectivity index (χ4v) is 8.86. The average Bonchev–Trinajstić information content (AvgIpc) is 3.68. The number of benzene rings is 4. The van der Waals surface area contributed by atoms with Gasteiger partial charge in [0, 0.05) is 107 Å². The first-order chi connectivity index (χ1) is 41.6. The van der Waals surface area contributed by atoms with E-state index in [4.69, 9.17) is 0 Å². The first kappa shape index (κ1) is 60.2. The molecule has 0 atom stereocenters. The Kier molecular flexibility index (Phi) is 22.6. The fraction of sp³-hybridized carbons (Fsp3) is 0.0946. The van der Waals surface area contributed by atoms with Gasteiger partial charge in [0.2, 0.25) is 0 Å². The molecule has 0 radical (unpaired) electrons. The Labute approximate surface area is 498 Å². The number of hydrogen-bond donors (Lipinski definition) is 0. The number of aromatic nitrogens is 11. The van der Waals surface area contributed by atoms with Crippen molar-refractivity contribution in [1.29, 1.82) is 0 Å². The molecule has 0 spiro atoms. The number of para-hydroxylation sites is 2. The number of nitrogens with zero attached hydrogens (tertiary/aromatic N) is 11. The molecule has 11 nitrogen and oxygen atoms in total. The van der Waals surface area contributed by atoms with Gasteiger partial charge in [0.15, 0.2) is 0 Å². The zero-order chi connectivity index (χ0) is 59.4. The Morgan fingerprint density at radius 1 is 0.224 bits per heavy atom. The van der Waals surface area contributed by atoms with Crippen LogP contribution >= 0.6 is 0 Å². The van der Waals surface area contributed by atoms with E-state index in [9.17, 15) is 0 Å². The van der Waals surface area contributed by atoms with Crippen LogP contribution in [-0.4, -0.2) is 54.8 Å². The van der Waals surface area contributed by atoms with Crippen LogP contribution < -0.4 is 0 Å². The maximum Gasteiger partial charge on any atom is 0.116 e. The molecule has 14 rings (SSSR count). The molecule has 0 fully saturated rings. The van der Waals surface area contributed by atoms with Gasteiger partial charge in [0.05, 0.1) is 45.0 Å². The lowest BCUT2D eigenvalue weighted by Gasteiger charge is -2.02. The fourth-order valence-electron chi connectivity index (χ4n) is 8.86. The third kappa shape index (κ3) is 17.8. The molecule has 0 bridgehead atoms. The molecular weight excluding hydrogens is 1040 g/mol. The first-order valence-corrected chi connectivity index (χ1v) is 27.9. The summed E-state index contributed by atoms with van der Waals surface area (Å²) in [6.07, 6.45) is 21.4. The van der Waals surface area contributed by atoms with Gasteiger partial charge in [-0.05, 0) is 173 Å². The second-order valence-electron chi connectivity index (χ2n) is 19.5. The zero-order valence-corrected chi connectivity index (χ0v) is 49.0. The Hall–Kier alpha value is -10.9. The van der Waals surface area contributed by atoms with Crippen LogP contribution in [-0.2, 0) is 0 Å². The maximum absolute atomic E-state index is 4.35. The van der Waals surface area contributed by atoms with Gasteiger partial charge in [-0.15, -0.1) is 0 Å². The highest BCUT2D eigenvalue weighted by atomic mass is 14.8. The topological polar surface area (TPSA) is 142 Å². The molecule has 0 saturated carbocycles. The predicted octanol–water partition coefficient (Wildman–Crippen LogP) is 17.4. The van der Waals surface area contributed by atoms with Crippen molar-refractivity contribution in [3.8, 4) is 45.2 Å². The molecule has 14 aromatic rings. The number of fused-ring (bicyclic) bond motifs is 3. The quantitative estimate of drug-likeness (QED) is 0.166. The molecular formula is C74H67N11. The highest BCUT2D eigenvalue weighted by Gasteiger charge is 2.04. The highest BCUT2D eigenvalue weighted by molar-refractivity contribution is 5.82. The summed E-state index contributed by atoms with van der Waals surface area (Å²) in [4.78, 5) is 46.3. The molecule has 0 aliphatic carbocycles. The Morgan fingerprint density at radius 2 is 0.647 bits per heavy atom. The minimum atomic E-state index is 0.931. The van der Waals surface area contributed by atoms with Crippen LogP contribution in [0.25, 0.3) is 77.9 Å². The van der Waals surface area contributed by atoms with Gasteiger partial charge in [-0.1, -0.05) is 115 Å². The van der Waals surface area contributed by atoms with E-state index in [2.05, 4.69) is 138 Å². The van der Waals surface area contributed by atoms with E-state index in [0.29, 0.717) is 0 Å². The maximum atomic E-state index is 4.35. The number of aryl methyl sites for hydroxylation is 7. The van der Waals surface area contributed by atoms with E-state index in [-0.39, 0.29) is 0 Å². The second kappa shape index (κ2) is 31.9. The van der Waals surface area contributed by atoms with Gasteiger partial charge < -0.3 is 0 Å². The second-order valence-corrected chi connectivity index (χ2v) is 19.5. The van der Waals surface area contributed by atoms with Crippen molar-refractivity contribution in [2.75, 3.05) is 0 Å². The summed E-state index contributed by atoms with van der Waals surface area (Å²) >= 11 is 0. The molecule has 10 heterocycles. The molecule has 0 aliphatic heterocycles. The van der Waals surface area contributed by atoms with E-state index in [0.717, 1.165) is 72.8 Å². The van der Waals surface area contributed by atoms with E-state index >= 15 is 0 Å². The molecule has 85 heavy (non-hydrogen) atoms. The van der Waals surface area contributed by atoms with Gasteiger partial charge >= 0.3 is 0 Å². The van der Waals surface area contributed by atoms with Gasteiger partial charge in [-0.3, -0.25) is 44.9 Å². The average molecular weight is 1110 g/mol. The summed E-state index contributed by atoms with van der Waals surface area (Å²) in [6, 6.07) is 68.4. The monoisotopic (exact) mass is 1110 g/mol. The minimum absolute atomic E-state index is 0.931. The van der Waals surface area contributed by atoms with Crippen LogP contribution in [0.2, 0.25) is 0 Å². The summed E-state index contributed by atoms with van der Waals surface area (Å²) in [7, 11) is 0. The minimum Gasteiger partial charge on any atom is -0.265 e. The van der Waals surface area contributed by atoms with E-state index in [1.165, 1.54) is 44.2 Å². The lowest BCUT2D eigenvalue weighted by Crippen LogP contribution is -1.88. The highest BCUT2D eigenvalue weighted by Crippen LogP contribution is 2.22. The van der Waals surface area contributed by atoms with Gasteiger partial charge in [-0.2, -0.15) is 0 Å². The zero-order valence-electron chi connectivity index (χ0n) is 49.0. The summed E-state index contributed by atoms with van der Waals surface area (Å²) < 4.78 is 0.